The molecule has 104 valence electrons. The third-order valence-corrected chi connectivity index (χ3v) is 3.19. The molecule has 0 radical (unpaired) electrons. The molecule has 3 nitrogen and oxygen atoms in total. The lowest BCUT2D eigenvalue weighted by molar-refractivity contribution is 0.144. The highest BCUT2D eigenvalue weighted by Crippen LogP contribution is 2.33. The van der Waals surface area contributed by atoms with Gasteiger partial charge in [0, 0.05) is 5.56 Å². The SMILES string of the molecule is CCCCc1ccccc1-c1ccccc1OC(=O)O. The molecular formula is C17H18O3. The zero-order valence-electron chi connectivity index (χ0n) is 11.5. The molecule has 2 rings (SSSR count). The van der Waals surface area contributed by atoms with E-state index in [1.54, 1.807) is 12.1 Å². The van der Waals surface area contributed by atoms with E-state index in [0.29, 0.717) is 5.75 Å². The van der Waals surface area contributed by atoms with Crippen LogP contribution in [0.15, 0.2) is 48.5 Å². The standard InChI is InChI=1S/C17H18O3/c1-2-3-8-13-9-4-5-10-14(13)15-11-6-7-12-16(15)20-17(18)19/h4-7,9-12H,2-3,8H2,1H3,(H,18,19). The number of hydrogen-bond donors (Lipinski definition) is 1. The zero-order chi connectivity index (χ0) is 14.4. The Morgan fingerprint density at radius 1 is 1.05 bits per heavy atom. The van der Waals surface area contributed by atoms with Gasteiger partial charge in [-0.25, -0.2) is 4.79 Å². The fourth-order valence-corrected chi connectivity index (χ4v) is 2.24. The van der Waals surface area contributed by atoms with E-state index >= 15 is 0 Å². The van der Waals surface area contributed by atoms with E-state index in [2.05, 4.69) is 13.0 Å². The summed E-state index contributed by atoms with van der Waals surface area (Å²) in [5.41, 5.74) is 3.08. The molecule has 0 aromatic heterocycles. The van der Waals surface area contributed by atoms with Crippen LogP contribution in [-0.4, -0.2) is 11.3 Å². The van der Waals surface area contributed by atoms with Gasteiger partial charge in [-0.3, -0.25) is 0 Å². The van der Waals surface area contributed by atoms with Crippen LogP contribution in [0.1, 0.15) is 25.3 Å². The molecule has 3 heteroatoms. The van der Waals surface area contributed by atoms with Gasteiger partial charge in [-0.2, -0.15) is 0 Å². The highest BCUT2D eigenvalue weighted by Gasteiger charge is 2.11. The van der Waals surface area contributed by atoms with Crippen LogP contribution in [0.25, 0.3) is 11.1 Å². The minimum Gasteiger partial charge on any atom is -0.449 e. The number of aryl methyl sites for hydroxylation is 1. The molecule has 0 spiro atoms. The van der Waals surface area contributed by atoms with Gasteiger partial charge in [0.05, 0.1) is 0 Å². The molecule has 0 heterocycles. The van der Waals surface area contributed by atoms with Gasteiger partial charge in [0.2, 0.25) is 0 Å². The van der Waals surface area contributed by atoms with E-state index in [4.69, 9.17) is 9.84 Å². The molecule has 0 atom stereocenters. The van der Waals surface area contributed by atoms with Crippen molar-refractivity contribution in [3.05, 3.63) is 54.1 Å². The van der Waals surface area contributed by atoms with Crippen LogP contribution in [-0.2, 0) is 6.42 Å². The predicted molar refractivity (Wildman–Crippen MR) is 79.1 cm³/mol. The van der Waals surface area contributed by atoms with Crippen molar-refractivity contribution in [2.45, 2.75) is 26.2 Å². The number of para-hydroxylation sites is 1. The Balaban J connectivity index is 2.43. The second-order valence-electron chi connectivity index (χ2n) is 4.62. The van der Waals surface area contributed by atoms with Crippen molar-refractivity contribution in [2.75, 3.05) is 0 Å². The Labute approximate surface area is 118 Å². The van der Waals surface area contributed by atoms with E-state index in [9.17, 15) is 4.79 Å². The molecule has 0 unspecified atom stereocenters. The number of carboxylic acid groups (broad SMARTS) is 1. The Hall–Kier alpha value is -2.29. The quantitative estimate of drug-likeness (QED) is 0.629. The normalized spacial score (nSPS) is 10.2. The first-order valence-electron chi connectivity index (χ1n) is 6.80. The average Bonchev–Trinajstić information content (AvgIpc) is 2.45. The second-order valence-corrected chi connectivity index (χ2v) is 4.62. The summed E-state index contributed by atoms with van der Waals surface area (Å²) in [6.07, 6.45) is 1.93. The van der Waals surface area contributed by atoms with E-state index in [0.717, 1.165) is 30.4 Å². The largest absolute Gasteiger partial charge is 0.511 e. The third-order valence-electron chi connectivity index (χ3n) is 3.19. The van der Waals surface area contributed by atoms with Gasteiger partial charge in [0.25, 0.3) is 0 Å². The van der Waals surface area contributed by atoms with Gasteiger partial charge in [-0.15, -0.1) is 0 Å². The van der Waals surface area contributed by atoms with Crippen molar-refractivity contribution < 1.29 is 14.6 Å². The highest BCUT2D eigenvalue weighted by atomic mass is 16.7. The van der Waals surface area contributed by atoms with Gasteiger partial charge in [0.15, 0.2) is 0 Å². The minimum absolute atomic E-state index is 0.379. The van der Waals surface area contributed by atoms with E-state index in [-0.39, 0.29) is 0 Å². The molecule has 0 aliphatic rings. The Morgan fingerprint density at radius 3 is 2.40 bits per heavy atom. The van der Waals surface area contributed by atoms with Gasteiger partial charge in [-0.05, 0) is 30.0 Å². The van der Waals surface area contributed by atoms with Crippen molar-refractivity contribution in [3.63, 3.8) is 0 Å². The van der Waals surface area contributed by atoms with Crippen molar-refractivity contribution in [1.29, 1.82) is 0 Å². The third kappa shape index (κ3) is 3.38. The molecule has 0 fully saturated rings. The number of hydrogen-bond acceptors (Lipinski definition) is 2. The molecule has 0 aliphatic heterocycles. The maximum atomic E-state index is 10.8. The van der Waals surface area contributed by atoms with E-state index < -0.39 is 6.16 Å². The minimum atomic E-state index is -1.29. The smallest absolute Gasteiger partial charge is 0.449 e. The van der Waals surface area contributed by atoms with Crippen LogP contribution < -0.4 is 4.74 Å². The van der Waals surface area contributed by atoms with Crippen molar-refractivity contribution in [1.82, 2.24) is 0 Å². The first-order chi connectivity index (χ1) is 9.72. The first-order valence-corrected chi connectivity index (χ1v) is 6.80. The Kier molecular flexibility index (Phi) is 4.77. The van der Waals surface area contributed by atoms with Crippen molar-refractivity contribution in [3.8, 4) is 16.9 Å². The number of unbranched alkanes of at least 4 members (excludes halogenated alkanes) is 1. The number of ether oxygens (including phenoxy) is 1. The molecule has 0 saturated carbocycles. The Morgan fingerprint density at radius 2 is 1.70 bits per heavy atom. The maximum absolute atomic E-state index is 10.8. The molecule has 0 saturated heterocycles. The molecule has 20 heavy (non-hydrogen) atoms. The van der Waals surface area contributed by atoms with Gasteiger partial charge in [0.1, 0.15) is 5.75 Å². The Bertz CT molecular complexity index is 590. The van der Waals surface area contributed by atoms with Crippen LogP contribution in [0.2, 0.25) is 0 Å². The summed E-state index contributed by atoms with van der Waals surface area (Å²) in [5, 5.41) is 8.83. The lowest BCUT2D eigenvalue weighted by Crippen LogP contribution is -2.04. The van der Waals surface area contributed by atoms with Crippen LogP contribution in [0.4, 0.5) is 4.79 Å². The second kappa shape index (κ2) is 6.75. The average molecular weight is 270 g/mol. The van der Waals surface area contributed by atoms with Crippen LogP contribution >= 0.6 is 0 Å². The molecule has 1 N–H and O–H groups in total. The van der Waals surface area contributed by atoms with Crippen molar-refractivity contribution in [2.24, 2.45) is 0 Å². The van der Waals surface area contributed by atoms with Gasteiger partial charge < -0.3 is 9.84 Å². The molecule has 0 aliphatic carbocycles. The fourth-order valence-electron chi connectivity index (χ4n) is 2.24. The van der Waals surface area contributed by atoms with E-state index in [1.165, 1.54) is 5.56 Å². The summed E-state index contributed by atoms with van der Waals surface area (Å²) < 4.78 is 4.88. The predicted octanol–water partition coefficient (Wildman–Crippen LogP) is 4.75. The van der Waals surface area contributed by atoms with Crippen molar-refractivity contribution >= 4 is 6.16 Å². The van der Waals surface area contributed by atoms with Crippen LogP contribution in [0.3, 0.4) is 0 Å². The summed E-state index contributed by atoms with van der Waals surface area (Å²) in [6, 6.07) is 15.3. The molecule has 2 aromatic carbocycles. The van der Waals surface area contributed by atoms with Crippen LogP contribution in [0.5, 0.6) is 5.75 Å². The fraction of sp³-hybridized carbons (Fsp3) is 0.235. The van der Waals surface area contributed by atoms with Crippen LogP contribution in [0, 0.1) is 0 Å². The maximum Gasteiger partial charge on any atom is 0.511 e. The number of benzene rings is 2. The number of carbonyl (C=O) groups is 1. The van der Waals surface area contributed by atoms with Gasteiger partial charge in [-0.1, -0.05) is 55.8 Å². The molecule has 0 amide bonds. The molecular weight excluding hydrogens is 252 g/mol. The van der Waals surface area contributed by atoms with E-state index in [1.807, 2.05) is 30.3 Å². The summed E-state index contributed by atoms with van der Waals surface area (Å²) in [6.45, 7) is 2.16. The lowest BCUT2D eigenvalue weighted by Gasteiger charge is -2.12. The molecule has 2 aromatic rings. The van der Waals surface area contributed by atoms with Gasteiger partial charge >= 0.3 is 6.16 Å². The topological polar surface area (TPSA) is 46.5 Å². The summed E-state index contributed by atoms with van der Waals surface area (Å²) in [5.74, 6) is 0.379. The summed E-state index contributed by atoms with van der Waals surface area (Å²) in [7, 11) is 0. The highest BCUT2D eigenvalue weighted by molar-refractivity contribution is 5.76. The first kappa shape index (κ1) is 14.1. The zero-order valence-corrected chi connectivity index (χ0v) is 11.5. The molecule has 0 bridgehead atoms. The summed E-state index contributed by atoms with van der Waals surface area (Å²) in [4.78, 5) is 10.8. The lowest BCUT2D eigenvalue weighted by atomic mass is 9.96. The monoisotopic (exact) mass is 270 g/mol. The number of rotatable bonds is 5. The summed E-state index contributed by atoms with van der Waals surface area (Å²) >= 11 is 0.